The molecule has 0 saturated carbocycles. The molecule has 2 aliphatic rings. The van der Waals surface area contributed by atoms with Crippen molar-refractivity contribution in [2.45, 2.75) is 58.0 Å². The van der Waals surface area contributed by atoms with Gasteiger partial charge in [0.2, 0.25) is 0 Å². The Labute approximate surface area is 223 Å². The van der Waals surface area contributed by atoms with Gasteiger partial charge in [-0.25, -0.2) is 4.79 Å². The van der Waals surface area contributed by atoms with Crippen LogP contribution < -0.4 is 19.5 Å². The van der Waals surface area contributed by atoms with E-state index < -0.39 is 11.9 Å². The standard InChI is InChI=1S/C30H35NO7/c1-7-16(2)38-30(34)27-17(3)31-21-12-20(18-8-11-25(36-5)26(15-18)37-6)14-23(33)29(21)28(27)19-9-10-24(35-4)22(32)13-19/h8-11,13,15-16,20,28,31-32H,7,12,14H2,1-6H3/t16-,20-,28-/m1/s1. The molecular formula is C30H35NO7. The first kappa shape index (κ1) is 27.1. The van der Waals surface area contributed by atoms with Gasteiger partial charge in [-0.1, -0.05) is 19.1 Å². The third kappa shape index (κ3) is 5.08. The first-order valence-corrected chi connectivity index (χ1v) is 12.8. The molecule has 8 heteroatoms. The van der Waals surface area contributed by atoms with E-state index in [1.807, 2.05) is 39.0 Å². The van der Waals surface area contributed by atoms with Gasteiger partial charge in [-0.3, -0.25) is 4.79 Å². The second-order valence-electron chi connectivity index (χ2n) is 9.69. The quantitative estimate of drug-likeness (QED) is 0.462. The molecule has 0 aromatic heterocycles. The van der Waals surface area contributed by atoms with Gasteiger partial charge in [-0.05, 0) is 68.0 Å². The number of ether oxygens (including phenoxy) is 4. The summed E-state index contributed by atoms with van der Waals surface area (Å²) in [6.07, 6.45) is 1.22. The Kier molecular flexibility index (Phi) is 7.99. The number of benzene rings is 2. The van der Waals surface area contributed by atoms with Crippen molar-refractivity contribution in [3.05, 3.63) is 70.1 Å². The molecule has 1 aliphatic carbocycles. The summed E-state index contributed by atoms with van der Waals surface area (Å²) in [4.78, 5) is 27.2. The van der Waals surface area contributed by atoms with Crippen molar-refractivity contribution in [2.75, 3.05) is 21.3 Å². The lowest BCUT2D eigenvalue weighted by molar-refractivity contribution is -0.144. The summed E-state index contributed by atoms with van der Waals surface area (Å²) in [6.45, 7) is 5.59. The minimum Gasteiger partial charge on any atom is -0.504 e. The van der Waals surface area contributed by atoms with Crippen LogP contribution in [0.15, 0.2) is 58.9 Å². The molecule has 0 bridgehead atoms. The average molecular weight is 522 g/mol. The Hall–Kier alpha value is -3.94. The molecule has 0 unspecified atom stereocenters. The molecular weight excluding hydrogens is 486 g/mol. The number of dihydropyridines is 1. The number of esters is 1. The normalized spacial score (nSPS) is 19.9. The third-order valence-corrected chi connectivity index (χ3v) is 7.35. The van der Waals surface area contributed by atoms with Crippen molar-refractivity contribution in [2.24, 2.45) is 0 Å². The number of Topliss-reactive ketones (excluding diaryl/α,β-unsaturated/α-hetero) is 1. The van der Waals surface area contributed by atoms with Gasteiger partial charge in [0.1, 0.15) is 0 Å². The van der Waals surface area contributed by atoms with Gasteiger partial charge in [0.25, 0.3) is 0 Å². The number of hydrogen-bond acceptors (Lipinski definition) is 8. The van der Waals surface area contributed by atoms with Crippen LogP contribution in [0.3, 0.4) is 0 Å². The zero-order chi connectivity index (χ0) is 27.6. The van der Waals surface area contributed by atoms with Crippen LogP contribution in [0.25, 0.3) is 0 Å². The lowest BCUT2D eigenvalue weighted by atomic mass is 9.71. The first-order valence-electron chi connectivity index (χ1n) is 12.8. The highest BCUT2D eigenvalue weighted by molar-refractivity contribution is 6.04. The minimum atomic E-state index is -0.682. The summed E-state index contributed by atoms with van der Waals surface area (Å²) in [5.74, 6) is 0.155. The number of rotatable bonds is 8. The third-order valence-electron chi connectivity index (χ3n) is 7.35. The van der Waals surface area contributed by atoms with E-state index >= 15 is 0 Å². The molecule has 0 amide bonds. The van der Waals surface area contributed by atoms with E-state index in [0.29, 0.717) is 52.5 Å². The Morgan fingerprint density at radius 1 is 1.00 bits per heavy atom. The fourth-order valence-electron chi connectivity index (χ4n) is 5.20. The number of aromatic hydroxyl groups is 1. The molecule has 0 fully saturated rings. The molecule has 2 N–H and O–H groups in total. The SMILES string of the molecule is CC[C@@H](C)OC(=O)C1=C(C)NC2=C(C(=O)C[C@H](c3ccc(OC)c(OC)c3)C2)[C@@H]1c1ccc(OC)c(O)c1. The number of nitrogens with one attached hydrogen (secondary N) is 1. The van der Waals surface area contributed by atoms with Crippen molar-refractivity contribution >= 4 is 11.8 Å². The van der Waals surface area contributed by atoms with E-state index in [9.17, 15) is 14.7 Å². The molecule has 3 atom stereocenters. The van der Waals surface area contributed by atoms with Gasteiger partial charge < -0.3 is 29.4 Å². The first-order chi connectivity index (χ1) is 18.2. The van der Waals surface area contributed by atoms with Crippen LogP contribution >= 0.6 is 0 Å². The lowest BCUT2D eigenvalue weighted by Crippen LogP contribution is -2.36. The number of hydrogen-bond donors (Lipinski definition) is 2. The summed E-state index contributed by atoms with van der Waals surface area (Å²) in [5.41, 5.74) is 3.86. The van der Waals surface area contributed by atoms with Crippen LogP contribution in [-0.4, -0.2) is 44.3 Å². The van der Waals surface area contributed by atoms with E-state index in [1.54, 1.807) is 32.4 Å². The molecule has 8 nitrogen and oxygen atoms in total. The van der Waals surface area contributed by atoms with Crippen molar-refractivity contribution in [1.29, 1.82) is 0 Å². The monoisotopic (exact) mass is 521 g/mol. The predicted molar refractivity (Wildman–Crippen MR) is 143 cm³/mol. The van der Waals surface area contributed by atoms with E-state index in [2.05, 4.69) is 5.32 Å². The maximum atomic E-state index is 13.8. The number of allylic oxidation sites excluding steroid dienone is 3. The van der Waals surface area contributed by atoms with E-state index in [0.717, 1.165) is 11.3 Å². The van der Waals surface area contributed by atoms with E-state index in [-0.39, 0.29) is 30.0 Å². The largest absolute Gasteiger partial charge is 0.504 e. The van der Waals surface area contributed by atoms with Crippen molar-refractivity contribution in [3.63, 3.8) is 0 Å². The molecule has 38 heavy (non-hydrogen) atoms. The molecule has 4 rings (SSSR count). The van der Waals surface area contributed by atoms with Crippen molar-refractivity contribution in [3.8, 4) is 23.0 Å². The number of carbonyl (C=O) groups excluding carboxylic acids is 2. The number of ketones is 1. The van der Waals surface area contributed by atoms with Crippen molar-refractivity contribution in [1.82, 2.24) is 5.32 Å². The minimum absolute atomic E-state index is 0.0653. The highest BCUT2D eigenvalue weighted by atomic mass is 16.5. The van der Waals surface area contributed by atoms with Crippen LogP contribution in [0.1, 0.15) is 63.0 Å². The Morgan fingerprint density at radius 3 is 2.29 bits per heavy atom. The number of methoxy groups -OCH3 is 3. The lowest BCUT2D eigenvalue weighted by Gasteiger charge is -2.37. The highest BCUT2D eigenvalue weighted by Gasteiger charge is 2.42. The second kappa shape index (κ2) is 11.2. The van der Waals surface area contributed by atoms with E-state index in [4.69, 9.17) is 18.9 Å². The number of phenols is 1. The summed E-state index contributed by atoms with van der Waals surface area (Å²) in [7, 11) is 4.64. The molecule has 0 radical (unpaired) electrons. The molecule has 1 heterocycles. The van der Waals surface area contributed by atoms with Crippen LogP contribution in [0, 0.1) is 0 Å². The topological polar surface area (TPSA) is 103 Å². The molecule has 2 aromatic carbocycles. The summed E-state index contributed by atoms with van der Waals surface area (Å²) < 4.78 is 21.8. The zero-order valence-corrected chi connectivity index (χ0v) is 22.7. The highest BCUT2D eigenvalue weighted by Crippen LogP contribution is 2.47. The fourth-order valence-corrected chi connectivity index (χ4v) is 5.20. The van der Waals surface area contributed by atoms with Gasteiger partial charge in [-0.15, -0.1) is 0 Å². The molecule has 202 valence electrons. The van der Waals surface area contributed by atoms with Crippen molar-refractivity contribution < 1.29 is 33.6 Å². The van der Waals surface area contributed by atoms with Gasteiger partial charge in [0.05, 0.1) is 33.0 Å². The Morgan fingerprint density at radius 2 is 1.66 bits per heavy atom. The maximum absolute atomic E-state index is 13.8. The smallest absolute Gasteiger partial charge is 0.337 e. The molecule has 0 saturated heterocycles. The maximum Gasteiger partial charge on any atom is 0.337 e. The average Bonchev–Trinajstić information content (AvgIpc) is 2.91. The summed E-state index contributed by atoms with van der Waals surface area (Å²) >= 11 is 0. The van der Waals surface area contributed by atoms with Gasteiger partial charge in [0, 0.05) is 29.3 Å². The van der Waals surface area contributed by atoms with Gasteiger partial charge in [-0.2, -0.15) is 0 Å². The van der Waals surface area contributed by atoms with Gasteiger partial charge >= 0.3 is 5.97 Å². The van der Waals surface area contributed by atoms with Crippen LogP contribution in [0.4, 0.5) is 0 Å². The Bertz CT molecular complexity index is 1310. The summed E-state index contributed by atoms with van der Waals surface area (Å²) in [6, 6.07) is 10.7. The van der Waals surface area contributed by atoms with Crippen LogP contribution in [-0.2, 0) is 14.3 Å². The second-order valence-corrected chi connectivity index (χ2v) is 9.69. The molecule has 1 aliphatic heterocycles. The summed E-state index contributed by atoms with van der Waals surface area (Å²) in [5, 5.41) is 13.9. The number of carbonyl (C=O) groups is 2. The van der Waals surface area contributed by atoms with Crippen LogP contribution in [0.5, 0.6) is 23.0 Å². The predicted octanol–water partition coefficient (Wildman–Crippen LogP) is 5.12. The number of phenolic OH excluding ortho intramolecular Hbond substituents is 1. The zero-order valence-electron chi connectivity index (χ0n) is 22.7. The fraction of sp³-hybridized carbons (Fsp3) is 0.400. The van der Waals surface area contributed by atoms with Gasteiger partial charge in [0.15, 0.2) is 28.8 Å². The Balaban J connectivity index is 1.79. The molecule has 2 aromatic rings. The van der Waals surface area contributed by atoms with Crippen LogP contribution in [0.2, 0.25) is 0 Å². The van der Waals surface area contributed by atoms with E-state index in [1.165, 1.54) is 7.11 Å². The molecule has 0 spiro atoms.